The number of amides is 1. The van der Waals surface area contributed by atoms with Crippen molar-refractivity contribution in [3.8, 4) is 0 Å². The van der Waals surface area contributed by atoms with E-state index in [2.05, 4.69) is 5.32 Å². The van der Waals surface area contributed by atoms with Crippen molar-refractivity contribution in [1.82, 2.24) is 0 Å². The highest BCUT2D eigenvalue weighted by Crippen LogP contribution is 2.30. The normalized spacial score (nSPS) is 12.6. The summed E-state index contributed by atoms with van der Waals surface area (Å²) in [7, 11) is 0. The molecule has 4 aromatic carbocycles. The lowest BCUT2D eigenvalue weighted by Gasteiger charge is -2.12. The Hall–Kier alpha value is -5.36. The van der Waals surface area contributed by atoms with Gasteiger partial charge in [0.25, 0.3) is 5.69 Å². The van der Waals surface area contributed by atoms with E-state index in [1.165, 1.54) is 12.1 Å². The number of anilines is 1. The highest BCUT2D eigenvalue weighted by molar-refractivity contribution is 6.14. The van der Waals surface area contributed by atoms with Gasteiger partial charge in [0, 0.05) is 23.3 Å². The van der Waals surface area contributed by atoms with Crippen LogP contribution in [0.5, 0.6) is 0 Å². The summed E-state index contributed by atoms with van der Waals surface area (Å²) in [6.07, 6.45) is 8.86. The minimum atomic E-state index is -0.407. The van der Waals surface area contributed by atoms with Crippen molar-refractivity contribution < 1.29 is 14.5 Å². The van der Waals surface area contributed by atoms with Crippen molar-refractivity contribution in [3.05, 3.63) is 165 Å². The molecule has 1 aliphatic rings. The van der Waals surface area contributed by atoms with Gasteiger partial charge in [-0.25, -0.2) is 0 Å². The van der Waals surface area contributed by atoms with E-state index in [1.807, 2.05) is 78.9 Å². The Morgan fingerprint density at radius 3 is 2.23 bits per heavy atom. The van der Waals surface area contributed by atoms with Crippen LogP contribution >= 0.6 is 0 Å². The van der Waals surface area contributed by atoms with Gasteiger partial charge in [0.15, 0.2) is 5.78 Å². The van der Waals surface area contributed by atoms with Gasteiger partial charge < -0.3 is 5.32 Å². The molecule has 0 aliphatic heterocycles. The number of nitrogens with one attached hydrogen (secondary N) is 1. The number of hydrogen-bond acceptors (Lipinski definition) is 4. The molecule has 5 rings (SSSR count). The third kappa shape index (κ3) is 6.37. The maximum atomic E-state index is 13.4. The summed E-state index contributed by atoms with van der Waals surface area (Å²) >= 11 is 0. The molecule has 0 saturated carbocycles. The molecule has 0 saturated heterocycles. The van der Waals surface area contributed by atoms with E-state index in [0.29, 0.717) is 23.2 Å². The molecule has 0 atom stereocenters. The molecule has 0 spiro atoms. The maximum absolute atomic E-state index is 13.4. The number of non-ortho nitro benzene ring substituents is 1. The molecular weight excluding hydrogens is 500 g/mol. The summed E-state index contributed by atoms with van der Waals surface area (Å²) in [5, 5.41) is 13.9. The number of ketones is 1. The van der Waals surface area contributed by atoms with Crippen LogP contribution < -0.4 is 5.32 Å². The number of rotatable bonds is 9. The van der Waals surface area contributed by atoms with Gasteiger partial charge in [0.05, 0.1) is 17.0 Å². The third-order valence-corrected chi connectivity index (χ3v) is 6.64. The smallest absolute Gasteiger partial charge is 0.269 e. The molecule has 0 unspecified atom stereocenters. The highest BCUT2D eigenvalue weighted by Gasteiger charge is 2.17. The van der Waals surface area contributed by atoms with Crippen LogP contribution in [0.15, 0.2) is 127 Å². The molecular formula is C34H26N2O4. The number of nitrogens with zero attached hydrogens (tertiary/aromatic N) is 1. The van der Waals surface area contributed by atoms with Gasteiger partial charge in [-0.3, -0.25) is 19.7 Å². The Kier molecular flexibility index (Phi) is 7.88. The fourth-order valence-corrected chi connectivity index (χ4v) is 4.54. The first-order valence-corrected chi connectivity index (χ1v) is 12.9. The molecule has 196 valence electrons. The molecule has 4 aromatic rings. The van der Waals surface area contributed by atoms with Crippen molar-refractivity contribution in [2.24, 2.45) is 0 Å². The van der Waals surface area contributed by atoms with Crippen molar-refractivity contribution in [2.45, 2.75) is 12.8 Å². The lowest BCUT2D eigenvalue weighted by Crippen LogP contribution is -2.17. The van der Waals surface area contributed by atoms with Crippen LogP contribution in [-0.4, -0.2) is 16.6 Å². The quantitative estimate of drug-likeness (QED) is 0.139. The fraction of sp³-hybridized carbons (Fsp3) is 0.0588. The lowest BCUT2D eigenvalue weighted by atomic mass is 9.98. The minimum Gasteiger partial charge on any atom is -0.325 e. The Labute approximate surface area is 232 Å². The average Bonchev–Trinajstić information content (AvgIpc) is 3.46. The molecule has 0 heterocycles. The molecule has 1 N–H and O–H groups in total. The number of benzene rings is 4. The van der Waals surface area contributed by atoms with Crippen LogP contribution in [-0.2, 0) is 11.2 Å². The molecule has 0 bridgehead atoms. The van der Waals surface area contributed by atoms with Gasteiger partial charge in [-0.2, -0.15) is 0 Å². The third-order valence-electron chi connectivity index (χ3n) is 6.64. The number of nitro benzene ring substituents is 1. The average molecular weight is 527 g/mol. The topological polar surface area (TPSA) is 89.3 Å². The monoisotopic (exact) mass is 526 g/mol. The van der Waals surface area contributed by atoms with Gasteiger partial charge in [0.1, 0.15) is 0 Å². The van der Waals surface area contributed by atoms with E-state index in [1.54, 1.807) is 36.4 Å². The molecule has 6 heteroatoms. The van der Waals surface area contributed by atoms with E-state index in [-0.39, 0.29) is 23.8 Å². The van der Waals surface area contributed by atoms with Crippen LogP contribution in [0.25, 0.3) is 11.6 Å². The number of carbonyl (C=O) groups excluding carboxylic acids is 2. The first-order chi connectivity index (χ1) is 19.5. The van der Waals surface area contributed by atoms with Gasteiger partial charge >= 0.3 is 0 Å². The van der Waals surface area contributed by atoms with E-state index in [0.717, 1.165) is 27.8 Å². The summed E-state index contributed by atoms with van der Waals surface area (Å²) in [4.78, 5) is 36.8. The molecule has 1 amide bonds. The van der Waals surface area contributed by atoms with E-state index < -0.39 is 4.92 Å². The predicted octanol–water partition coefficient (Wildman–Crippen LogP) is 7.43. The van der Waals surface area contributed by atoms with Crippen LogP contribution in [0.2, 0.25) is 0 Å². The van der Waals surface area contributed by atoms with Gasteiger partial charge in [-0.05, 0) is 58.5 Å². The lowest BCUT2D eigenvalue weighted by molar-refractivity contribution is -0.384. The fourth-order valence-electron chi connectivity index (χ4n) is 4.54. The summed E-state index contributed by atoms with van der Waals surface area (Å²) in [6, 6.07) is 30.4. The first-order valence-electron chi connectivity index (χ1n) is 12.9. The Morgan fingerprint density at radius 1 is 0.825 bits per heavy atom. The Bertz CT molecular complexity index is 1650. The Morgan fingerprint density at radius 2 is 1.52 bits per heavy atom. The summed E-state index contributed by atoms with van der Waals surface area (Å²) < 4.78 is 0. The summed E-state index contributed by atoms with van der Waals surface area (Å²) in [5.41, 5.74) is 6.29. The maximum Gasteiger partial charge on any atom is 0.269 e. The summed E-state index contributed by atoms with van der Waals surface area (Å²) in [5.74, 6) is -0.370. The molecule has 6 nitrogen and oxygen atoms in total. The predicted molar refractivity (Wildman–Crippen MR) is 158 cm³/mol. The largest absolute Gasteiger partial charge is 0.325 e. The van der Waals surface area contributed by atoms with Crippen molar-refractivity contribution >= 4 is 34.7 Å². The van der Waals surface area contributed by atoms with E-state index in [4.69, 9.17) is 0 Å². The van der Waals surface area contributed by atoms with E-state index in [9.17, 15) is 19.7 Å². The highest BCUT2D eigenvalue weighted by atomic mass is 16.6. The van der Waals surface area contributed by atoms with Crippen molar-refractivity contribution in [3.63, 3.8) is 0 Å². The molecule has 0 radical (unpaired) electrons. The van der Waals surface area contributed by atoms with Crippen molar-refractivity contribution in [2.75, 3.05) is 5.32 Å². The van der Waals surface area contributed by atoms with Crippen LogP contribution in [0.3, 0.4) is 0 Å². The number of carbonyl (C=O) groups is 2. The second kappa shape index (κ2) is 12.0. The number of nitro groups is 1. The zero-order chi connectivity index (χ0) is 27.9. The Balaban J connectivity index is 1.33. The van der Waals surface area contributed by atoms with E-state index >= 15 is 0 Å². The second-order valence-electron chi connectivity index (χ2n) is 9.46. The number of allylic oxidation sites excluding steroid dienone is 5. The van der Waals surface area contributed by atoms with Crippen LogP contribution in [0.4, 0.5) is 11.4 Å². The molecule has 0 fully saturated rings. The second-order valence-corrected chi connectivity index (χ2v) is 9.46. The van der Waals surface area contributed by atoms with Crippen molar-refractivity contribution in [1.29, 1.82) is 0 Å². The zero-order valence-corrected chi connectivity index (χ0v) is 21.6. The molecule has 1 aliphatic carbocycles. The molecule has 0 aromatic heterocycles. The SMILES string of the molecule is O=C(Cc1ccccc1)Nc1ccc(/C=C/C2=CC=C(c3ccc([N+](=O)[O-])cc3)C2)cc1C(=O)c1ccccc1. The van der Waals surface area contributed by atoms with Crippen LogP contribution in [0, 0.1) is 10.1 Å². The zero-order valence-electron chi connectivity index (χ0n) is 21.6. The minimum absolute atomic E-state index is 0.0657. The van der Waals surface area contributed by atoms with Crippen LogP contribution in [0.1, 0.15) is 39.0 Å². The van der Waals surface area contributed by atoms with Gasteiger partial charge in [-0.15, -0.1) is 0 Å². The van der Waals surface area contributed by atoms with Gasteiger partial charge in [0.2, 0.25) is 5.91 Å². The number of hydrogen-bond donors (Lipinski definition) is 1. The summed E-state index contributed by atoms with van der Waals surface area (Å²) in [6.45, 7) is 0. The first kappa shape index (κ1) is 26.3. The molecule has 40 heavy (non-hydrogen) atoms. The van der Waals surface area contributed by atoms with Gasteiger partial charge in [-0.1, -0.05) is 91.0 Å². The standard InChI is InChI=1S/C34H26N2O4/c37-33(23-24-7-3-1-4-8-24)35-32-20-14-26(22-31(32)34(38)28-9-5-2-6-10-28)12-11-25-13-15-29(21-25)27-16-18-30(19-17-27)36(39)40/h1-20,22H,21,23H2,(H,35,37)/b12-11+.